The van der Waals surface area contributed by atoms with Crippen molar-refractivity contribution in [2.24, 2.45) is 0 Å². The second-order valence-corrected chi connectivity index (χ2v) is 9.20. The zero-order valence-corrected chi connectivity index (χ0v) is 19.9. The van der Waals surface area contributed by atoms with Crippen LogP contribution in [-0.2, 0) is 26.3 Å². The van der Waals surface area contributed by atoms with E-state index in [-0.39, 0.29) is 24.7 Å². The summed E-state index contributed by atoms with van der Waals surface area (Å²) in [7, 11) is 1.68. The number of likely N-dealkylation sites (N-methyl/N-ethyl adjacent to an activating group) is 1. The molecule has 1 fully saturated rings. The minimum atomic E-state index is -1.64. The number of nitrogens with zero attached hydrogens (tertiary/aromatic N) is 3. The van der Waals surface area contributed by atoms with E-state index in [4.69, 9.17) is 4.74 Å². The Kier molecular flexibility index (Phi) is 6.65. The molecule has 6 nitrogen and oxygen atoms in total. The SMILES string of the molecule is CN1C(=O)C(C(=O)OCc2ccccc2)(c2ncc(C#Cc3ccc(F)cc3)cn2)CCC1(C)C. The third-order valence-corrected chi connectivity index (χ3v) is 6.48. The highest BCUT2D eigenvalue weighted by Gasteiger charge is 2.58. The lowest BCUT2D eigenvalue weighted by Gasteiger charge is -2.46. The molecule has 1 atom stereocenters. The van der Waals surface area contributed by atoms with Gasteiger partial charge in [0.05, 0.1) is 5.56 Å². The van der Waals surface area contributed by atoms with Crippen LogP contribution in [0.5, 0.6) is 0 Å². The molecule has 2 heterocycles. The first kappa shape index (κ1) is 24.1. The number of carbonyl (C=O) groups excluding carboxylic acids is 2. The van der Waals surface area contributed by atoms with Crippen LogP contribution in [0.3, 0.4) is 0 Å². The predicted octanol–water partition coefficient (Wildman–Crippen LogP) is 4.03. The first-order valence-electron chi connectivity index (χ1n) is 11.3. The normalized spacial score (nSPS) is 19.0. The zero-order chi connectivity index (χ0) is 25.1. The van der Waals surface area contributed by atoms with E-state index in [1.807, 2.05) is 44.2 Å². The van der Waals surface area contributed by atoms with Gasteiger partial charge < -0.3 is 9.64 Å². The number of likely N-dealkylation sites (tertiary alicyclic amines) is 1. The van der Waals surface area contributed by atoms with E-state index in [0.717, 1.165) is 5.56 Å². The van der Waals surface area contributed by atoms with E-state index >= 15 is 0 Å². The largest absolute Gasteiger partial charge is 0.460 e. The van der Waals surface area contributed by atoms with Gasteiger partial charge in [0.2, 0.25) is 11.3 Å². The van der Waals surface area contributed by atoms with Crippen molar-refractivity contribution >= 4 is 11.9 Å². The average molecular weight is 472 g/mol. The summed E-state index contributed by atoms with van der Waals surface area (Å²) in [4.78, 5) is 37.5. The van der Waals surface area contributed by atoms with Crippen LogP contribution >= 0.6 is 0 Å². The summed E-state index contributed by atoms with van der Waals surface area (Å²) in [5.41, 5.74) is -0.0890. The van der Waals surface area contributed by atoms with Gasteiger partial charge >= 0.3 is 5.97 Å². The molecule has 0 radical (unpaired) electrons. The number of rotatable bonds is 4. The van der Waals surface area contributed by atoms with Crippen molar-refractivity contribution in [3.8, 4) is 11.8 Å². The number of piperidine rings is 1. The molecule has 35 heavy (non-hydrogen) atoms. The lowest BCUT2D eigenvalue weighted by molar-refractivity contribution is -0.166. The maximum Gasteiger partial charge on any atom is 0.329 e. The van der Waals surface area contributed by atoms with Gasteiger partial charge in [-0.2, -0.15) is 0 Å². The third-order valence-electron chi connectivity index (χ3n) is 6.48. The molecule has 0 saturated carbocycles. The summed E-state index contributed by atoms with van der Waals surface area (Å²) in [5.74, 6) is 4.54. The van der Waals surface area contributed by atoms with E-state index in [1.165, 1.54) is 24.5 Å². The molecule has 1 amide bonds. The molecule has 1 aromatic heterocycles. The number of carbonyl (C=O) groups is 2. The van der Waals surface area contributed by atoms with Crippen molar-refractivity contribution in [3.63, 3.8) is 0 Å². The minimum Gasteiger partial charge on any atom is -0.460 e. The van der Waals surface area contributed by atoms with Crippen molar-refractivity contribution in [2.45, 2.75) is 44.2 Å². The number of halogens is 1. The van der Waals surface area contributed by atoms with Gasteiger partial charge in [0.25, 0.3) is 0 Å². The second kappa shape index (κ2) is 9.67. The van der Waals surface area contributed by atoms with Crippen molar-refractivity contribution in [3.05, 3.63) is 95.3 Å². The monoisotopic (exact) mass is 471 g/mol. The standard InChI is InChI=1S/C28H26FN3O3/c1-27(2)15-16-28(25(33)32(27)3,26(34)35-19-21-7-5-4-6-8-21)24-30-17-22(18-31-24)10-9-20-11-13-23(29)14-12-20/h4-8,11-14,17-18H,15-16,19H2,1-3H3. The lowest BCUT2D eigenvalue weighted by Crippen LogP contribution is -2.62. The molecule has 0 N–H and O–H groups in total. The van der Waals surface area contributed by atoms with Crippen molar-refractivity contribution in [1.82, 2.24) is 14.9 Å². The van der Waals surface area contributed by atoms with E-state index < -0.39 is 22.8 Å². The molecule has 2 aromatic carbocycles. The Morgan fingerprint density at radius 1 is 1.00 bits per heavy atom. The molecule has 1 unspecified atom stereocenters. The van der Waals surface area contributed by atoms with Crippen LogP contribution in [-0.4, -0.2) is 39.3 Å². The van der Waals surface area contributed by atoms with E-state index in [2.05, 4.69) is 21.8 Å². The smallest absolute Gasteiger partial charge is 0.329 e. The fourth-order valence-electron chi connectivity index (χ4n) is 3.95. The Morgan fingerprint density at radius 3 is 2.29 bits per heavy atom. The molecule has 1 aliphatic heterocycles. The molecule has 7 heteroatoms. The van der Waals surface area contributed by atoms with Gasteiger partial charge in [-0.25, -0.2) is 14.4 Å². The number of amides is 1. The average Bonchev–Trinajstić information content (AvgIpc) is 2.87. The number of hydrogen-bond acceptors (Lipinski definition) is 5. The highest BCUT2D eigenvalue weighted by molar-refractivity contribution is 6.08. The summed E-state index contributed by atoms with van der Waals surface area (Å²) < 4.78 is 18.7. The Bertz CT molecular complexity index is 1280. The van der Waals surface area contributed by atoms with Crippen molar-refractivity contribution in [2.75, 3.05) is 7.05 Å². The van der Waals surface area contributed by atoms with Crippen LogP contribution in [0.4, 0.5) is 4.39 Å². The molecule has 0 bridgehead atoms. The van der Waals surface area contributed by atoms with Crippen LogP contribution in [0.1, 0.15) is 49.2 Å². The van der Waals surface area contributed by atoms with Crippen LogP contribution in [0.2, 0.25) is 0 Å². The van der Waals surface area contributed by atoms with Gasteiger partial charge in [0.15, 0.2) is 5.82 Å². The zero-order valence-electron chi connectivity index (χ0n) is 19.9. The summed E-state index contributed by atoms with van der Waals surface area (Å²) in [5, 5.41) is 0. The fraction of sp³-hybridized carbons (Fsp3) is 0.286. The van der Waals surface area contributed by atoms with Gasteiger partial charge in [-0.3, -0.25) is 9.59 Å². The lowest BCUT2D eigenvalue weighted by atomic mass is 9.72. The summed E-state index contributed by atoms with van der Waals surface area (Å²) in [6, 6.07) is 15.1. The maximum atomic E-state index is 13.6. The Labute approximate surface area is 204 Å². The van der Waals surface area contributed by atoms with E-state index in [0.29, 0.717) is 17.5 Å². The van der Waals surface area contributed by atoms with E-state index in [1.54, 1.807) is 24.1 Å². The van der Waals surface area contributed by atoms with Gasteiger partial charge in [0, 0.05) is 30.5 Å². The predicted molar refractivity (Wildman–Crippen MR) is 128 cm³/mol. The first-order chi connectivity index (χ1) is 16.7. The van der Waals surface area contributed by atoms with Gasteiger partial charge in [-0.15, -0.1) is 0 Å². The molecule has 4 rings (SSSR count). The van der Waals surface area contributed by atoms with Gasteiger partial charge in [0.1, 0.15) is 12.4 Å². The van der Waals surface area contributed by atoms with Crippen molar-refractivity contribution < 1.29 is 18.7 Å². The number of benzene rings is 2. The molecule has 178 valence electrons. The fourth-order valence-corrected chi connectivity index (χ4v) is 3.95. The number of aromatic nitrogens is 2. The van der Waals surface area contributed by atoms with Crippen LogP contribution in [0.25, 0.3) is 0 Å². The molecule has 3 aromatic rings. The number of esters is 1. The molecule has 0 spiro atoms. The van der Waals surface area contributed by atoms with Crippen LogP contribution in [0.15, 0.2) is 67.0 Å². The van der Waals surface area contributed by atoms with Crippen LogP contribution in [0, 0.1) is 17.7 Å². The highest BCUT2D eigenvalue weighted by Crippen LogP contribution is 2.40. The number of hydrogen-bond donors (Lipinski definition) is 0. The summed E-state index contributed by atoms with van der Waals surface area (Å²) in [6.07, 6.45) is 3.78. The molecule has 1 saturated heterocycles. The number of ether oxygens (including phenoxy) is 1. The highest BCUT2D eigenvalue weighted by atomic mass is 19.1. The van der Waals surface area contributed by atoms with E-state index in [9.17, 15) is 14.0 Å². The Morgan fingerprint density at radius 2 is 1.63 bits per heavy atom. The quantitative estimate of drug-likeness (QED) is 0.326. The third kappa shape index (κ3) is 4.92. The van der Waals surface area contributed by atoms with Crippen LogP contribution < -0.4 is 0 Å². The topological polar surface area (TPSA) is 72.4 Å². The van der Waals surface area contributed by atoms with Gasteiger partial charge in [-0.1, -0.05) is 42.2 Å². The summed E-state index contributed by atoms with van der Waals surface area (Å²) >= 11 is 0. The Balaban J connectivity index is 1.64. The maximum absolute atomic E-state index is 13.6. The second-order valence-electron chi connectivity index (χ2n) is 9.20. The van der Waals surface area contributed by atoms with Gasteiger partial charge in [-0.05, 0) is 56.5 Å². The first-order valence-corrected chi connectivity index (χ1v) is 11.3. The summed E-state index contributed by atoms with van der Waals surface area (Å²) in [6.45, 7) is 3.96. The van der Waals surface area contributed by atoms with Crippen molar-refractivity contribution in [1.29, 1.82) is 0 Å². The molecular weight excluding hydrogens is 445 g/mol. The molecular formula is C28H26FN3O3. The Hall–Kier alpha value is -4.05. The minimum absolute atomic E-state index is 0.0447. The molecule has 0 aliphatic carbocycles. The molecule has 1 aliphatic rings.